The Balaban J connectivity index is 1.54. The summed E-state index contributed by atoms with van der Waals surface area (Å²) >= 11 is 0. The summed E-state index contributed by atoms with van der Waals surface area (Å²) in [5, 5.41) is 0. The smallest absolute Gasteiger partial charge is 0.0190 e. The van der Waals surface area contributed by atoms with E-state index < -0.39 is 0 Å². The molecule has 3 aromatic rings. The van der Waals surface area contributed by atoms with E-state index in [2.05, 4.69) is 96.1 Å². The summed E-state index contributed by atoms with van der Waals surface area (Å²) in [6, 6.07) is 20.6. The summed E-state index contributed by atoms with van der Waals surface area (Å²) in [7, 11) is 0. The van der Waals surface area contributed by atoms with Gasteiger partial charge in [0.05, 0.1) is 0 Å². The monoisotopic (exact) mass is 412 g/mol. The minimum Gasteiger partial charge on any atom is -0.0622 e. The first kappa shape index (κ1) is 23.3. The lowest BCUT2D eigenvalue weighted by molar-refractivity contribution is 0.633. The van der Waals surface area contributed by atoms with Crippen molar-refractivity contribution in [2.75, 3.05) is 0 Å². The summed E-state index contributed by atoms with van der Waals surface area (Å²) in [6.07, 6.45) is 7.24. The molecule has 0 aromatic heterocycles. The van der Waals surface area contributed by atoms with Gasteiger partial charge < -0.3 is 0 Å². The highest BCUT2D eigenvalue weighted by molar-refractivity contribution is 5.39. The fraction of sp³-hybridized carbons (Fsp3) is 0.419. The van der Waals surface area contributed by atoms with Crippen molar-refractivity contribution in [2.45, 2.75) is 86.0 Å². The van der Waals surface area contributed by atoms with Crippen molar-refractivity contribution in [3.05, 3.63) is 105 Å². The SMILES string of the molecule is Cc1cc(CCCc2c(C)cc(CCCC(C)c3ccccc3)cc2C)cc(C)c1C. The van der Waals surface area contributed by atoms with Crippen LogP contribution in [-0.2, 0) is 19.3 Å². The third-order valence-electron chi connectivity index (χ3n) is 7.11. The molecule has 0 bridgehead atoms. The summed E-state index contributed by atoms with van der Waals surface area (Å²) < 4.78 is 0. The topological polar surface area (TPSA) is 0 Å². The van der Waals surface area contributed by atoms with Crippen LogP contribution in [0.1, 0.15) is 82.2 Å². The number of hydrogen-bond donors (Lipinski definition) is 0. The Bertz CT molecular complexity index is 948. The lowest BCUT2D eigenvalue weighted by Crippen LogP contribution is -2.00. The molecule has 0 aliphatic carbocycles. The van der Waals surface area contributed by atoms with Crippen LogP contribution in [-0.4, -0.2) is 0 Å². The van der Waals surface area contributed by atoms with E-state index in [4.69, 9.17) is 0 Å². The fourth-order valence-electron chi connectivity index (χ4n) is 4.92. The van der Waals surface area contributed by atoms with Crippen LogP contribution in [0.25, 0.3) is 0 Å². The van der Waals surface area contributed by atoms with E-state index in [1.165, 1.54) is 83.0 Å². The summed E-state index contributed by atoms with van der Waals surface area (Å²) in [5.41, 5.74) is 13.2. The predicted molar refractivity (Wildman–Crippen MR) is 136 cm³/mol. The highest BCUT2D eigenvalue weighted by Crippen LogP contribution is 2.24. The molecular weight excluding hydrogens is 372 g/mol. The van der Waals surface area contributed by atoms with E-state index in [0.717, 1.165) is 0 Å². The van der Waals surface area contributed by atoms with Crippen molar-refractivity contribution >= 4 is 0 Å². The van der Waals surface area contributed by atoms with Crippen LogP contribution in [0, 0.1) is 34.6 Å². The van der Waals surface area contributed by atoms with E-state index in [0.29, 0.717) is 5.92 Å². The van der Waals surface area contributed by atoms with Crippen molar-refractivity contribution in [3.8, 4) is 0 Å². The maximum atomic E-state index is 2.44. The van der Waals surface area contributed by atoms with Gasteiger partial charge in [-0.05, 0) is 129 Å². The van der Waals surface area contributed by atoms with Gasteiger partial charge in [-0.3, -0.25) is 0 Å². The molecule has 0 aliphatic rings. The molecule has 3 rings (SSSR count). The molecule has 164 valence electrons. The zero-order chi connectivity index (χ0) is 22.4. The Hall–Kier alpha value is -2.34. The zero-order valence-electron chi connectivity index (χ0n) is 20.5. The molecule has 0 saturated carbocycles. The van der Waals surface area contributed by atoms with Gasteiger partial charge in [0.25, 0.3) is 0 Å². The largest absolute Gasteiger partial charge is 0.0622 e. The molecule has 0 nitrogen and oxygen atoms in total. The Morgan fingerprint density at radius 1 is 0.613 bits per heavy atom. The first-order valence-electron chi connectivity index (χ1n) is 12.1. The normalized spacial score (nSPS) is 12.2. The van der Waals surface area contributed by atoms with Crippen LogP contribution >= 0.6 is 0 Å². The maximum absolute atomic E-state index is 2.44. The van der Waals surface area contributed by atoms with Gasteiger partial charge in [0.1, 0.15) is 0 Å². The maximum Gasteiger partial charge on any atom is -0.0190 e. The highest BCUT2D eigenvalue weighted by atomic mass is 14.1. The molecule has 0 radical (unpaired) electrons. The van der Waals surface area contributed by atoms with Gasteiger partial charge in [-0.25, -0.2) is 0 Å². The molecule has 0 fully saturated rings. The van der Waals surface area contributed by atoms with Crippen LogP contribution in [0.5, 0.6) is 0 Å². The van der Waals surface area contributed by atoms with E-state index in [9.17, 15) is 0 Å². The number of aryl methyl sites for hydroxylation is 6. The van der Waals surface area contributed by atoms with Crippen LogP contribution < -0.4 is 0 Å². The second kappa shape index (κ2) is 10.8. The Morgan fingerprint density at radius 2 is 1.13 bits per heavy atom. The molecule has 31 heavy (non-hydrogen) atoms. The van der Waals surface area contributed by atoms with Gasteiger partial charge in [0, 0.05) is 0 Å². The van der Waals surface area contributed by atoms with Crippen molar-refractivity contribution < 1.29 is 0 Å². The predicted octanol–water partition coefficient (Wildman–Crippen LogP) is 8.53. The van der Waals surface area contributed by atoms with Gasteiger partial charge in [0.15, 0.2) is 0 Å². The van der Waals surface area contributed by atoms with Gasteiger partial charge in [-0.15, -0.1) is 0 Å². The Labute approximate surface area is 190 Å². The molecule has 3 aromatic carbocycles. The molecule has 1 atom stereocenters. The average Bonchev–Trinajstić information content (AvgIpc) is 2.74. The van der Waals surface area contributed by atoms with Crippen molar-refractivity contribution in [3.63, 3.8) is 0 Å². The van der Waals surface area contributed by atoms with Crippen LogP contribution in [0.4, 0.5) is 0 Å². The van der Waals surface area contributed by atoms with E-state index >= 15 is 0 Å². The van der Waals surface area contributed by atoms with E-state index in [-0.39, 0.29) is 0 Å². The molecule has 0 spiro atoms. The summed E-state index contributed by atoms with van der Waals surface area (Å²) in [6.45, 7) is 13.7. The van der Waals surface area contributed by atoms with Gasteiger partial charge >= 0.3 is 0 Å². The fourth-order valence-corrected chi connectivity index (χ4v) is 4.92. The lowest BCUT2D eigenvalue weighted by atomic mass is 9.90. The van der Waals surface area contributed by atoms with Gasteiger partial charge in [-0.2, -0.15) is 0 Å². The average molecular weight is 413 g/mol. The summed E-state index contributed by atoms with van der Waals surface area (Å²) in [5.74, 6) is 0.636. The lowest BCUT2D eigenvalue weighted by Gasteiger charge is -2.15. The molecular formula is C31H40. The van der Waals surface area contributed by atoms with Crippen LogP contribution in [0.3, 0.4) is 0 Å². The third kappa shape index (κ3) is 6.33. The minimum atomic E-state index is 0.636. The third-order valence-corrected chi connectivity index (χ3v) is 7.11. The highest BCUT2D eigenvalue weighted by Gasteiger charge is 2.09. The van der Waals surface area contributed by atoms with Crippen molar-refractivity contribution in [1.82, 2.24) is 0 Å². The number of hydrogen-bond acceptors (Lipinski definition) is 0. The first-order chi connectivity index (χ1) is 14.8. The molecule has 0 saturated heterocycles. The quantitative estimate of drug-likeness (QED) is 0.330. The minimum absolute atomic E-state index is 0.636. The number of rotatable bonds is 9. The van der Waals surface area contributed by atoms with Crippen molar-refractivity contribution in [2.24, 2.45) is 0 Å². The van der Waals surface area contributed by atoms with Gasteiger partial charge in [0.2, 0.25) is 0 Å². The first-order valence-corrected chi connectivity index (χ1v) is 12.1. The van der Waals surface area contributed by atoms with E-state index in [1.807, 2.05) is 0 Å². The standard InChI is InChI=1S/C31H40/c1-22(30-15-8-7-9-16-30)12-10-13-29-20-25(4)31(26(5)21-29)17-11-14-28-18-23(2)27(6)24(3)19-28/h7-9,15-16,18-22H,10-14,17H2,1-6H3. The second-order valence-corrected chi connectivity index (χ2v) is 9.62. The Kier molecular flexibility index (Phi) is 8.13. The molecule has 0 N–H and O–H groups in total. The molecule has 0 heterocycles. The van der Waals surface area contributed by atoms with Crippen LogP contribution in [0.15, 0.2) is 54.6 Å². The zero-order valence-corrected chi connectivity index (χ0v) is 20.5. The van der Waals surface area contributed by atoms with Gasteiger partial charge in [-0.1, -0.05) is 61.5 Å². The summed E-state index contributed by atoms with van der Waals surface area (Å²) in [4.78, 5) is 0. The van der Waals surface area contributed by atoms with Crippen LogP contribution in [0.2, 0.25) is 0 Å². The molecule has 0 heteroatoms. The molecule has 0 amide bonds. The Morgan fingerprint density at radius 3 is 1.71 bits per heavy atom. The van der Waals surface area contributed by atoms with Crippen molar-refractivity contribution in [1.29, 1.82) is 0 Å². The molecule has 0 aliphatic heterocycles. The molecule has 1 unspecified atom stereocenters. The number of benzene rings is 3. The second-order valence-electron chi connectivity index (χ2n) is 9.62. The van der Waals surface area contributed by atoms with E-state index in [1.54, 1.807) is 5.56 Å².